The van der Waals surface area contributed by atoms with Crippen LogP contribution in [0.3, 0.4) is 0 Å². The molecule has 0 radical (unpaired) electrons. The second-order valence-corrected chi connectivity index (χ2v) is 5.06. The zero-order chi connectivity index (χ0) is 7.73. The van der Waals surface area contributed by atoms with Gasteiger partial charge in [-0.2, -0.15) is 11.8 Å². The molecule has 11 heavy (non-hydrogen) atoms. The van der Waals surface area contributed by atoms with Gasteiger partial charge < -0.3 is 5.32 Å². The molecule has 1 heterocycles. The van der Waals surface area contributed by atoms with E-state index in [1.54, 1.807) is 0 Å². The summed E-state index contributed by atoms with van der Waals surface area (Å²) in [5, 5.41) is 3.24. The van der Waals surface area contributed by atoms with Gasteiger partial charge in [-0.1, -0.05) is 0 Å². The van der Waals surface area contributed by atoms with E-state index in [-0.39, 0.29) is 0 Å². The lowest BCUT2D eigenvalue weighted by atomic mass is 10.0. The van der Waals surface area contributed by atoms with Crippen molar-refractivity contribution in [2.45, 2.75) is 19.3 Å². The Labute approximate surface area is 73.3 Å². The molecule has 1 saturated heterocycles. The quantitative estimate of drug-likeness (QED) is 0.694. The van der Waals surface area contributed by atoms with Crippen LogP contribution >= 0.6 is 11.8 Å². The smallest absolute Gasteiger partial charge is 0.000773 e. The summed E-state index contributed by atoms with van der Waals surface area (Å²) in [5.41, 5.74) is 0.835. The first-order valence-corrected chi connectivity index (χ1v) is 5.75. The standard InChI is InChI=1S/C9H17NS/c1-10-4-2-8-6-9(8)3-5-11-7-9/h8,10H,2-7H2,1H3. The van der Waals surface area contributed by atoms with Gasteiger partial charge in [-0.25, -0.2) is 0 Å². The van der Waals surface area contributed by atoms with E-state index in [1.807, 2.05) is 0 Å². The fourth-order valence-electron chi connectivity index (χ4n) is 2.26. The van der Waals surface area contributed by atoms with E-state index in [9.17, 15) is 0 Å². The molecule has 2 unspecified atom stereocenters. The average molecular weight is 171 g/mol. The lowest BCUT2D eigenvalue weighted by molar-refractivity contribution is 0.490. The van der Waals surface area contributed by atoms with E-state index >= 15 is 0 Å². The van der Waals surface area contributed by atoms with Crippen LogP contribution in [-0.2, 0) is 0 Å². The predicted molar refractivity (Wildman–Crippen MR) is 51.0 cm³/mol. The van der Waals surface area contributed by atoms with Crippen LogP contribution in [0.1, 0.15) is 19.3 Å². The van der Waals surface area contributed by atoms with Crippen molar-refractivity contribution in [2.24, 2.45) is 11.3 Å². The normalized spacial score (nSPS) is 41.7. The van der Waals surface area contributed by atoms with E-state index in [1.165, 1.54) is 37.3 Å². The summed E-state index contributed by atoms with van der Waals surface area (Å²) in [6.45, 7) is 1.22. The molecule has 2 rings (SSSR count). The lowest BCUT2D eigenvalue weighted by Crippen LogP contribution is -2.11. The van der Waals surface area contributed by atoms with Gasteiger partial charge >= 0.3 is 0 Å². The highest BCUT2D eigenvalue weighted by atomic mass is 32.2. The van der Waals surface area contributed by atoms with Crippen molar-refractivity contribution in [3.05, 3.63) is 0 Å². The van der Waals surface area contributed by atoms with Gasteiger partial charge in [-0.15, -0.1) is 0 Å². The van der Waals surface area contributed by atoms with Crippen LogP contribution in [0.15, 0.2) is 0 Å². The zero-order valence-electron chi connectivity index (χ0n) is 7.23. The topological polar surface area (TPSA) is 12.0 Å². The Morgan fingerprint density at radius 2 is 2.55 bits per heavy atom. The van der Waals surface area contributed by atoms with Crippen LogP contribution in [0, 0.1) is 11.3 Å². The second kappa shape index (κ2) is 2.98. The molecular formula is C9H17NS. The summed E-state index contributed by atoms with van der Waals surface area (Å²) in [6, 6.07) is 0. The third kappa shape index (κ3) is 1.43. The monoisotopic (exact) mass is 171 g/mol. The molecule has 1 aliphatic heterocycles. The molecule has 2 atom stereocenters. The van der Waals surface area contributed by atoms with Crippen LogP contribution < -0.4 is 5.32 Å². The fraction of sp³-hybridized carbons (Fsp3) is 1.00. The summed E-state index contributed by atoms with van der Waals surface area (Å²) >= 11 is 2.16. The van der Waals surface area contributed by atoms with Crippen LogP contribution in [0.4, 0.5) is 0 Å². The van der Waals surface area contributed by atoms with E-state index in [0.29, 0.717) is 0 Å². The van der Waals surface area contributed by atoms with Crippen molar-refractivity contribution in [1.29, 1.82) is 0 Å². The Morgan fingerprint density at radius 3 is 3.18 bits per heavy atom. The largest absolute Gasteiger partial charge is 0.320 e. The molecule has 0 aromatic carbocycles. The Balaban J connectivity index is 1.75. The Morgan fingerprint density at radius 1 is 1.64 bits per heavy atom. The van der Waals surface area contributed by atoms with Crippen molar-refractivity contribution < 1.29 is 0 Å². The number of thioether (sulfide) groups is 1. The van der Waals surface area contributed by atoms with Crippen molar-refractivity contribution >= 4 is 11.8 Å². The minimum absolute atomic E-state index is 0.835. The first-order chi connectivity index (χ1) is 5.37. The number of hydrogen-bond acceptors (Lipinski definition) is 2. The Kier molecular flexibility index (Phi) is 2.15. The fourth-order valence-corrected chi connectivity index (χ4v) is 3.86. The molecule has 1 N–H and O–H groups in total. The van der Waals surface area contributed by atoms with Crippen molar-refractivity contribution in [2.75, 3.05) is 25.1 Å². The summed E-state index contributed by atoms with van der Waals surface area (Å²) in [4.78, 5) is 0. The summed E-state index contributed by atoms with van der Waals surface area (Å²) in [7, 11) is 2.05. The summed E-state index contributed by atoms with van der Waals surface area (Å²) in [5.74, 6) is 3.96. The SMILES string of the molecule is CNCCC1CC12CCSC2. The molecule has 2 aliphatic rings. The molecular weight excluding hydrogens is 154 g/mol. The van der Waals surface area contributed by atoms with Crippen LogP contribution in [0.2, 0.25) is 0 Å². The van der Waals surface area contributed by atoms with Gasteiger partial charge in [-0.3, -0.25) is 0 Å². The Bertz CT molecular complexity index is 140. The van der Waals surface area contributed by atoms with E-state index in [4.69, 9.17) is 0 Å². The van der Waals surface area contributed by atoms with Gasteiger partial charge in [0.2, 0.25) is 0 Å². The summed E-state index contributed by atoms with van der Waals surface area (Å²) in [6.07, 6.45) is 4.45. The molecule has 0 amide bonds. The number of hydrogen-bond donors (Lipinski definition) is 1. The highest BCUT2D eigenvalue weighted by molar-refractivity contribution is 7.99. The summed E-state index contributed by atoms with van der Waals surface area (Å²) < 4.78 is 0. The molecule has 1 aliphatic carbocycles. The molecule has 2 heteroatoms. The molecule has 1 nitrogen and oxygen atoms in total. The van der Waals surface area contributed by atoms with Gasteiger partial charge in [0.1, 0.15) is 0 Å². The minimum atomic E-state index is 0.835. The molecule has 0 aromatic heterocycles. The zero-order valence-corrected chi connectivity index (χ0v) is 8.04. The molecule has 2 fully saturated rings. The number of nitrogens with one attached hydrogen (secondary N) is 1. The third-order valence-corrected chi connectivity index (χ3v) is 4.51. The van der Waals surface area contributed by atoms with Crippen molar-refractivity contribution in [3.63, 3.8) is 0 Å². The van der Waals surface area contributed by atoms with Gasteiger partial charge in [0.25, 0.3) is 0 Å². The van der Waals surface area contributed by atoms with E-state index in [0.717, 1.165) is 11.3 Å². The molecule has 0 aromatic rings. The lowest BCUT2D eigenvalue weighted by Gasteiger charge is -2.05. The highest BCUT2D eigenvalue weighted by Gasteiger charge is 2.54. The van der Waals surface area contributed by atoms with Crippen LogP contribution in [0.25, 0.3) is 0 Å². The molecule has 0 bridgehead atoms. The highest BCUT2D eigenvalue weighted by Crippen LogP contribution is 2.62. The second-order valence-electron chi connectivity index (χ2n) is 3.96. The van der Waals surface area contributed by atoms with E-state index in [2.05, 4.69) is 24.1 Å². The first kappa shape index (κ1) is 7.93. The first-order valence-electron chi connectivity index (χ1n) is 4.60. The van der Waals surface area contributed by atoms with Gasteiger partial charge in [0.15, 0.2) is 0 Å². The number of rotatable bonds is 3. The maximum atomic E-state index is 3.24. The maximum Gasteiger partial charge on any atom is -0.000773 e. The van der Waals surface area contributed by atoms with Crippen LogP contribution in [-0.4, -0.2) is 25.1 Å². The maximum absolute atomic E-state index is 3.24. The van der Waals surface area contributed by atoms with Crippen molar-refractivity contribution in [3.8, 4) is 0 Å². The molecule has 1 saturated carbocycles. The minimum Gasteiger partial charge on any atom is -0.320 e. The van der Waals surface area contributed by atoms with Gasteiger partial charge in [0.05, 0.1) is 0 Å². The molecule has 64 valence electrons. The van der Waals surface area contributed by atoms with Crippen LogP contribution in [0.5, 0.6) is 0 Å². The Hall–Kier alpha value is 0.310. The third-order valence-electron chi connectivity index (χ3n) is 3.24. The average Bonchev–Trinajstić information content (AvgIpc) is 2.41. The van der Waals surface area contributed by atoms with E-state index < -0.39 is 0 Å². The molecule has 1 spiro atoms. The predicted octanol–water partition coefficient (Wildman–Crippen LogP) is 1.74. The van der Waals surface area contributed by atoms with Gasteiger partial charge in [-0.05, 0) is 55.7 Å². The van der Waals surface area contributed by atoms with Gasteiger partial charge in [0, 0.05) is 0 Å². The van der Waals surface area contributed by atoms with Crippen molar-refractivity contribution in [1.82, 2.24) is 5.32 Å².